The van der Waals surface area contributed by atoms with Gasteiger partial charge in [0, 0.05) is 49.5 Å². The van der Waals surface area contributed by atoms with Gasteiger partial charge in [-0.15, -0.1) is 0 Å². The fraction of sp³-hybridized carbons (Fsp3) is 0.214. The number of carbonyl (C=O) groups is 1. The summed E-state index contributed by atoms with van der Waals surface area (Å²) in [5.41, 5.74) is 3.92. The van der Waals surface area contributed by atoms with Gasteiger partial charge in [-0.3, -0.25) is 4.79 Å². The summed E-state index contributed by atoms with van der Waals surface area (Å²) in [6, 6.07) is 9.79. The van der Waals surface area contributed by atoms with Gasteiger partial charge in [-0.05, 0) is 55.7 Å². The summed E-state index contributed by atoms with van der Waals surface area (Å²) < 4.78 is 8.05. The van der Waals surface area contributed by atoms with Gasteiger partial charge in [0.2, 0.25) is 11.9 Å². The summed E-state index contributed by atoms with van der Waals surface area (Å²) in [5.74, 6) is 2.53. The Balaban J connectivity index is 1.18. The van der Waals surface area contributed by atoms with Crippen LogP contribution in [0, 0.1) is 6.92 Å². The lowest BCUT2D eigenvalue weighted by atomic mass is 10.1. The number of fused-ring (bicyclic) bond motifs is 2. The highest BCUT2D eigenvalue weighted by molar-refractivity contribution is 5.87. The number of aryl methyl sites for hydroxylation is 1. The number of pyridine rings is 1. The van der Waals surface area contributed by atoms with E-state index < -0.39 is 0 Å². The van der Waals surface area contributed by atoms with Crippen LogP contribution in [0.4, 0.5) is 17.5 Å². The molecular weight excluding hydrogens is 494 g/mol. The van der Waals surface area contributed by atoms with Crippen LogP contribution in [0.2, 0.25) is 0 Å². The van der Waals surface area contributed by atoms with Crippen LogP contribution in [0.25, 0.3) is 16.7 Å². The van der Waals surface area contributed by atoms with Gasteiger partial charge >= 0.3 is 0 Å². The molecule has 0 atom stereocenters. The smallest absolute Gasteiger partial charge is 0.243 e. The maximum Gasteiger partial charge on any atom is 0.243 e. The highest BCUT2D eigenvalue weighted by Gasteiger charge is 2.22. The maximum absolute atomic E-state index is 11.6. The Morgan fingerprint density at radius 2 is 1.97 bits per heavy atom. The van der Waals surface area contributed by atoms with Gasteiger partial charge in [-0.2, -0.15) is 0 Å². The van der Waals surface area contributed by atoms with Crippen LogP contribution in [0.3, 0.4) is 0 Å². The molecule has 39 heavy (non-hydrogen) atoms. The number of imidazole rings is 1. The van der Waals surface area contributed by atoms with Gasteiger partial charge < -0.3 is 24.7 Å². The van der Waals surface area contributed by atoms with Gasteiger partial charge in [0.05, 0.1) is 6.20 Å². The molecule has 5 heterocycles. The van der Waals surface area contributed by atoms with Crippen molar-refractivity contribution in [3.63, 3.8) is 0 Å². The van der Waals surface area contributed by atoms with E-state index in [9.17, 15) is 4.79 Å². The SMILES string of the molecule is C=CC(=O)NC1CCN(c2ncc3ncnc(Nc4ccc(Oc5ccn6ccnc6c5)c(C)c4)c3n2)CC1. The molecule has 1 aliphatic rings. The van der Waals surface area contributed by atoms with Crippen LogP contribution < -0.4 is 20.3 Å². The number of anilines is 3. The Kier molecular flexibility index (Phi) is 6.45. The number of ether oxygens (including phenoxy) is 1. The number of carbonyl (C=O) groups excluding carboxylic acids is 1. The standard InChI is InChI=1S/C28H27N9O2/c1-3-25(38)33-19-6-10-37(11-7-19)28-30-16-22-26(35-28)27(32-17-31-22)34-20-4-5-23(18(2)14-20)39-21-8-12-36-13-9-29-24(36)15-21/h3-5,8-9,12-17,19H,1,6-7,10-11H2,2H3,(H,33,38)(H,31,32,34). The van der Waals surface area contributed by atoms with Crippen molar-refractivity contribution in [2.45, 2.75) is 25.8 Å². The first-order chi connectivity index (χ1) is 19.1. The number of benzene rings is 1. The van der Waals surface area contributed by atoms with Gasteiger partial charge in [-0.1, -0.05) is 6.58 Å². The third-order valence-corrected chi connectivity index (χ3v) is 6.71. The molecular formula is C28H27N9O2. The molecule has 0 radical (unpaired) electrons. The summed E-state index contributed by atoms with van der Waals surface area (Å²) in [6.45, 7) is 6.98. The molecule has 6 rings (SSSR count). The minimum atomic E-state index is -0.145. The van der Waals surface area contributed by atoms with Gasteiger partial charge in [0.25, 0.3) is 0 Å². The van der Waals surface area contributed by atoms with Crippen molar-refractivity contribution in [1.29, 1.82) is 0 Å². The van der Waals surface area contributed by atoms with E-state index in [1.54, 1.807) is 12.4 Å². The maximum atomic E-state index is 11.6. The van der Waals surface area contributed by atoms with Crippen LogP contribution in [-0.2, 0) is 4.79 Å². The molecule has 1 fully saturated rings. The molecule has 0 bridgehead atoms. The zero-order valence-corrected chi connectivity index (χ0v) is 21.4. The number of aromatic nitrogens is 6. The zero-order valence-electron chi connectivity index (χ0n) is 21.4. The zero-order chi connectivity index (χ0) is 26.8. The molecule has 0 spiro atoms. The molecule has 1 amide bonds. The lowest BCUT2D eigenvalue weighted by Gasteiger charge is -2.32. The number of hydrogen-bond acceptors (Lipinski definition) is 9. The average Bonchev–Trinajstić information content (AvgIpc) is 3.43. The Hall–Kier alpha value is -5.06. The second kappa shape index (κ2) is 10.4. The van der Waals surface area contributed by atoms with E-state index in [4.69, 9.17) is 9.72 Å². The summed E-state index contributed by atoms with van der Waals surface area (Å²) in [5, 5.41) is 6.35. The van der Waals surface area contributed by atoms with Gasteiger partial charge in [-0.25, -0.2) is 24.9 Å². The van der Waals surface area contributed by atoms with E-state index in [0.717, 1.165) is 54.3 Å². The summed E-state index contributed by atoms with van der Waals surface area (Å²) >= 11 is 0. The molecule has 1 saturated heterocycles. The second-order valence-corrected chi connectivity index (χ2v) is 9.36. The van der Waals surface area contributed by atoms with Crippen molar-refractivity contribution < 1.29 is 9.53 Å². The van der Waals surface area contributed by atoms with E-state index in [1.165, 1.54) is 12.4 Å². The van der Waals surface area contributed by atoms with Crippen molar-refractivity contribution in [2.24, 2.45) is 0 Å². The van der Waals surface area contributed by atoms with Crippen molar-refractivity contribution >= 4 is 40.0 Å². The minimum Gasteiger partial charge on any atom is -0.457 e. The minimum absolute atomic E-state index is 0.122. The highest BCUT2D eigenvalue weighted by Crippen LogP contribution is 2.30. The molecule has 0 saturated carbocycles. The topological polar surface area (TPSA) is 122 Å². The van der Waals surface area contributed by atoms with Crippen LogP contribution in [0.1, 0.15) is 18.4 Å². The van der Waals surface area contributed by atoms with Gasteiger partial charge in [0.15, 0.2) is 5.82 Å². The summed E-state index contributed by atoms with van der Waals surface area (Å²) in [6.07, 6.45) is 11.7. The van der Waals surface area contributed by atoms with Gasteiger partial charge in [0.1, 0.15) is 34.5 Å². The van der Waals surface area contributed by atoms with Crippen LogP contribution in [-0.4, -0.2) is 54.4 Å². The van der Waals surface area contributed by atoms with E-state index >= 15 is 0 Å². The first-order valence-corrected chi connectivity index (χ1v) is 12.7. The largest absolute Gasteiger partial charge is 0.457 e. The highest BCUT2D eigenvalue weighted by atomic mass is 16.5. The van der Waals surface area contributed by atoms with E-state index in [2.05, 4.69) is 42.0 Å². The molecule has 5 aromatic rings. The number of hydrogen-bond donors (Lipinski definition) is 2. The first kappa shape index (κ1) is 24.3. The molecule has 2 N–H and O–H groups in total. The molecule has 0 unspecified atom stereocenters. The monoisotopic (exact) mass is 521 g/mol. The second-order valence-electron chi connectivity index (χ2n) is 9.36. The number of rotatable bonds is 7. The van der Waals surface area contributed by atoms with E-state index in [1.807, 2.05) is 54.0 Å². The lowest BCUT2D eigenvalue weighted by molar-refractivity contribution is -0.117. The van der Waals surface area contributed by atoms with Crippen molar-refractivity contribution in [2.75, 3.05) is 23.3 Å². The van der Waals surface area contributed by atoms with Crippen molar-refractivity contribution in [3.8, 4) is 11.5 Å². The summed E-state index contributed by atoms with van der Waals surface area (Å²) in [4.78, 5) is 36.2. The third kappa shape index (κ3) is 5.19. The molecule has 1 aliphatic heterocycles. The Labute approximate surface area is 224 Å². The van der Waals surface area contributed by atoms with Crippen molar-refractivity contribution in [3.05, 3.63) is 79.7 Å². The lowest BCUT2D eigenvalue weighted by Crippen LogP contribution is -2.44. The van der Waals surface area contributed by atoms with E-state index in [0.29, 0.717) is 22.8 Å². The first-order valence-electron chi connectivity index (χ1n) is 12.7. The molecule has 0 aliphatic carbocycles. The van der Waals surface area contributed by atoms with Crippen molar-refractivity contribution in [1.82, 2.24) is 34.6 Å². The number of amides is 1. The predicted octanol–water partition coefficient (Wildman–Crippen LogP) is 4.18. The Morgan fingerprint density at radius 1 is 1.10 bits per heavy atom. The van der Waals surface area contributed by atoms with E-state index in [-0.39, 0.29) is 11.9 Å². The fourth-order valence-corrected chi connectivity index (χ4v) is 4.63. The van der Waals surface area contributed by atoms with Crippen LogP contribution in [0.5, 0.6) is 11.5 Å². The number of nitrogens with zero attached hydrogens (tertiary/aromatic N) is 7. The Morgan fingerprint density at radius 3 is 2.79 bits per heavy atom. The normalized spacial score (nSPS) is 13.9. The molecule has 4 aromatic heterocycles. The third-order valence-electron chi connectivity index (χ3n) is 6.71. The molecule has 196 valence electrons. The summed E-state index contributed by atoms with van der Waals surface area (Å²) in [7, 11) is 0. The number of nitrogens with one attached hydrogen (secondary N) is 2. The molecule has 11 heteroatoms. The van der Waals surface area contributed by atoms with Crippen LogP contribution in [0.15, 0.2) is 74.1 Å². The van der Waals surface area contributed by atoms with Crippen LogP contribution >= 0.6 is 0 Å². The molecule has 1 aromatic carbocycles. The predicted molar refractivity (Wildman–Crippen MR) is 148 cm³/mol. The Bertz CT molecular complexity index is 1670. The quantitative estimate of drug-likeness (QED) is 0.304. The average molecular weight is 522 g/mol. The fourth-order valence-electron chi connectivity index (χ4n) is 4.63. The molecule has 11 nitrogen and oxygen atoms in total. The number of piperidine rings is 1.